The number of benzene rings is 1. The van der Waals surface area contributed by atoms with Crippen molar-refractivity contribution in [2.75, 3.05) is 43.1 Å². The van der Waals surface area contributed by atoms with Crippen molar-refractivity contribution in [2.45, 2.75) is 19.8 Å². The summed E-state index contributed by atoms with van der Waals surface area (Å²) in [4.78, 5) is 26.6. The summed E-state index contributed by atoms with van der Waals surface area (Å²) in [6.45, 7) is 5.72. The third-order valence-corrected chi connectivity index (χ3v) is 4.53. The molecule has 0 bridgehead atoms. The van der Waals surface area contributed by atoms with Crippen molar-refractivity contribution in [2.24, 2.45) is 11.8 Å². The lowest BCUT2D eigenvalue weighted by Crippen LogP contribution is -2.36. The highest BCUT2D eigenvalue weighted by Gasteiger charge is 2.48. The van der Waals surface area contributed by atoms with Gasteiger partial charge in [-0.05, 0) is 25.0 Å². The van der Waals surface area contributed by atoms with Gasteiger partial charge in [-0.2, -0.15) is 0 Å². The Hall–Kier alpha value is -2.08. The van der Waals surface area contributed by atoms with E-state index in [9.17, 15) is 9.59 Å². The van der Waals surface area contributed by atoms with E-state index >= 15 is 0 Å². The highest BCUT2D eigenvalue weighted by molar-refractivity contribution is 6.01. The highest BCUT2D eigenvalue weighted by Crippen LogP contribution is 2.40. The standard InChI is InChI=1S/C18H25N3O3/c1-2-7-19-17(22)13-12-14(13)18(23)20-15-5-3-4-6-16(15)21-8-10-24-11-9-21/h3-6,13-14H,2,7-12H2,1H3,(H,19,22)(H,20,23). The molecule has 6 nitrogen and oxygen atoms in total. The molecule has 24 heavy (non-hydrogen) atoms. The SMILES string of the molecule is CCCNC(=O)C1CC1C(=O)Nc1ccccc1N1CCOCC1. The van der Waals surface area contributed by atoms with Crippen LogP contribution in [-0.2, 0) is 14.3 Å². The van der Waals surface area contributed by atoms with Gasteiger partial charge in [-0.3, -0.25) is 9.59 Å². The molecule has 0 aromatic heterocycles. The zero-order valence-electron chi connectivity index (χ0n) is 14.1. The smallest absolute Gasteiger partial charge is 0.228 e. The number of morpholine rings is 1. The molecular weight excluding hydrogens is 306 g/mol. The van der Waals surface area contributed by atoms with Gasteiger partial charge in [0.05, 0.1) is 36.4 Å². The van der Waals surface area contributed by atoms with Crippen LogP contribution in [0, 0.1) is 11.8 Å². The summed E-state index contributed by atoms with van der Waals surface area (Å²) < 4.78 is 5.39. The minimum atomic E-state index is -0.209. The summed E-state index contributed by atoms with van der Waals surface area (Å²) in [7, 11) is 0. The quantitative estimate of drug-likeness (QED) is 0.831. The van der Waals surface area contributed by atoms with Gasteiger partial charge in [-0.1, -0.05) is 19.1 Å². The van der Waals surface area contributed by atoms with Crippen LogP contribution in [0.3, 0.4) is 0 Å². The maximum atomic E-state index is 12.5. The molecule has 2 unspecified atom stereocenters. The lowest BCUT2D eigenvalue weighted by molar-refractivity contribution is -0.125. The van der Waals surface area contributed by atoms with Crippen molar-refractivity contribution in [1.29, 1.82) is 0 Å². The van der Waals surface area contributed by atoms with Gasteiger partial charge in [0.2, 0.25) is 11.8 Å². The zero-order chi connectivity index (χ0) is 16.9. The summed E-state index contributed by atoms with van der Waals surface area (Å²) in [5.74, 6) is -0.447. The molecule has 130 valence electrons. The van der Waals surface area contributed by atoms with Crippen LogP contribution in [0.4, 0.5) is 11.4 Å². The number of nitrogens with one attached hydrogen (secondary N) is 2. The second-order valence-electron chi connectivity index (χ2n) is 6.35. The zero-order valence-corrected chi connectivity index (χ0v) is 14.1. The molecule has 1 saturated heterocycles. The molecular formula is C18H25N3O3. The van der Waals surface area contributed by atoms with Crippen molar-refractivity contribution in [1.82, 2.24) is 5.32 Å². The Bertz CT molecular complexity index is 599. The molecule has 1 aliphatic carbocycles. The summed E-state index contributed by atoms with van der Waals surface area (Å²) in [6.07, 6.45) is 1.54. The Labute approximate surface area is 142 Å². The predicted molar refractivity (Wildman–Crippen MR) is 93.0 cm³/mol. The molecule has 2 amide bonds. The molecule has 1 aliphatic heterocycles. The van der Waals surface area contributed by atoms with Crippen LogP contribution in [0.15, 0.2) is 24.3 Å². The molecule has 6 heteroatoms. The predicted octanol–water partition coefficient (Wildman–Crippen LogP) is 1.62. The van der Waals surface area contributed by atoms with E-state index < -0.39 is 0 Å². The van der Waals surface area contributed by atoms with Crippen molar-refractivity contribution in [3.8, 4) is 0 Å². The largest absolute Gasteiger partial charge is 0.378 e. The Kier molecular flexibility index (Phi) is 5.35. The molecule has 2 aliphatic rings. The maximum absolute atomic E-state index is 12.5. The Morgan fingerprint density at radius 1 is 1.17 bits per heavy atom. The fraction of sp³-hybridized carbons (Fsp3) is 0.556. The van der Waals surface area contributed by atoms with E-state index in [1.807, 2.05) is 31.2 Å². The first-order valence-corrected chi connectivity index (χ1v) is 8.71. The second-order valence-corrected chi connectivity index (χ2v) is 6.35. The second kappa shape index (κ2) is 7.66. The number of carbonyl (C=O) groups is 2. The van der Waals surface area contributed by atoms with Crippen molar-refractivity contribution >= 4 is 23.2 Å². The first-order valence-electron chi connectivity index (χ1n) is 8.71. The van der Waals surface area contributed by atoms with Gasteiger partial charge in [0, 0.05) is 19.6 Å². The molecule has 1 aromatic carbocycles. The lowest BCUT2D eigenvalue weighted by atomic mass is 10.2. The lowest BCUT2D eigenvalue weighted by Gasteiger charge is -2.30. The molecule has 0 radical (unpaired) electrons. The van der Waals surface area contributed by atoms with E-state index in [-0.39, 0.29) is 23.7 Å². The van der Waals surface area contributed by atoms with Gasteiger partial charge in [-0.15, -0.1) is 0 Å². The van der Waals surface area contributed by atoms with Crippen LogP contribution < -0.4 is 15.5 Å². The van der Waals surface area contributed by atoms with Crippen molar-refractivity contribution < 1.29 is 14.3 Å². The van der Waals surface area contributed by atoms with Crippen LogP contribution in [0.2, 0.25) is 0 Å². The molecule has 1 aromatic rings. The highest BCUT2D eigenvalue weighted by atomic mass is 16.5. The number of carbonyl (C=O) groups excluding carboxylic acids is 2. The average molecular weight is 331 g/mol. The van der Waals surface area contributed by atoms with Gasteiger partial charge < -0.3 is 20.3 Å². The third kappa shape index (κ3) is 3.87. The van der Waals surface area contributed by atoms with Gasteiger partial charge in [0.1, 0.15) is 0 Å². The fourth-order valence-electron chi connectivity index (χ4n) is 3.04. The Morgan fingerprint density at radius 2 is 1.88 bits per heavy atom. The Balaban J connectivity index is 1.60. The summed E-state index contributed by atoms with van der Waals surface area (Å²) in [5, 5.41) is 5.87. The third-order valence-electron chi connectivity index (χ3n) is 4.53. The van der Waals surface area contributed by atoms with E-state index in [1.54, 1.807) is 0 Å². The van der Waals surface area contributed by atoms with Gasteiger partial charge in [0.15, 0.2) is 0 Å². The van der Waals surface area contributed by atoms with Crippen molar-refractivity contribution in [3.63, 3.8) is 0 Å². The normalized spacial score (nSPS) is 22.8. The summed E-state index contributed by atoms with van der Waals surface area (Å²) >= 11 is 0. The van der Waals surface area contributed by atoms with Gasteiger partial charge in [-0.25, -0.2) is 0 Å². The van der Waals surface area contributed by atoms with E-state index in [0.29, 0.717) is 26.2 Å². The van der Waals surface area contributed by atoms with Gasteiger partial charge >= 0.3 is 0 Å². The first-order chi connectivity index (χ1) is 11.7. The average Bonchev–Trinajstić information content (AvgIpc) is 3.42. The summed E-state index contributed by atoms with van der Waals surface area (Å²) in [5.41, 5.74) is 1.82. The van der Waals surface area contributed by atoms with Crippen LogP contribution in [0.1, 0.15) is 19.8 Å². The van der Waals surface area contributed by atoms with E-state index in [0.717, 1.165) is 30.9 Å². The van der Waals surface area contributed by atoms with E-state index in [2.05, 4.69) is 15.5 Å². The van der Waals surface area contributed by atoms with Crippen molar-refractivity contribution in [3.05, 3.63) is 24.3 Å². The number of rotatable bonds is 6. The van der Waals surface area contributed by atoms with Crippen LogP contribution in [0.5, 0.6) is 0 Å². The van der Waals surface area contributed by atoms with E-state index in [1.165, 1.54) is 0 Å². The van der Waals surface area contributed by atoms with Gasteiger partial charge in [0.25, 0.3) is 0 Å². The molecule has 1 heterocycles. The number of amides is 2. The maximum Gasteiger partial charge on any atom is 0.228 e. The number of nitrogens with zero attached hydrogens (tertiary/aromatic N) is 1. The summed E-state index contributed by atoms with van der Waals surface area (Å²) in [6, 6.07) is 7.81. The number of hydrogen-bond donors (Lipinski definition) is 2. The number of hydrogen-bond acceptors (Lipinski definition) is 4. The van der Waals surface area contributed by atoms with Crippen LogP contribution in [0.25, 0.3) is 0 Å². The molecule has 0 spiro atoms. The molecule has 1 saturated carbocycles. The monoisotopic (exact) mass is 331 g/mol. The van der Waals surface area contributed by atoms with Crippen LogP contribution >= 0.6 is 0 Å². The topological polar surface area (TPSA) is 70.7 Å². The minimum Gasteiger partial charge on any atom is -0.378 e. The molecule has 3 rings (SSSR count). The van der Waals surface area contributed by atoms with Crippen LogP contribution in [-0.4, -0.2) is 44.7 Å². The number of para-hydroxylation sites is 2. The number of ether oxygens (including phenoxy) is 1. The first kappa shape index (κ1) is 16.8. The van der Waals surface area contributed by atoms with E-state index in [4.69, 9.17) is 4.74 Å². The molecule has 2 N–H and O–H groups in total. The fourth-order valence-corrected chi connectivity index (χ4v) is 3.04. The number of anilines is 2. The minimum absolute atomic E-state index is 0.00142. The Morgan fingerprint density at radius 3 is 2.62 bits per heavy atom. The molecule has 2 fully saturated rings. The molecule has 2 atom stereocenters.